The number of rotatable bonds is 2. The second-order valence-corrected chi connectivity index (χ2v) is 5.79. The molecule has 24 heavy (non-hydrogen) atoms. The molecule has 1 aliphatic rings. The Labute approximate surface area is 143 Å². The minimum absolute atomic E-state index is 0.242. The fourth-order valence-corrected chi connectivity index (χ4v) is 2.87. The summed E-state index contributed by atoms with van der Waals surface area (Å²) in [6, 6.07) is 21.0. The Morgan fingerprint density at radius 2 is 1.67 bits per heavy atom. The minimum Gasteiger partial charge on any atom is -0.402 e. The normalized spacial score (nSPS) is 15.6. The van der Waals surface area contributed by atoms with Crippen molar-refractivity contribution < 1.29 is 9.53 Å². The number of carbonyl (C=O) groups excluding carboxylic acids is 1. The molecule has 0 N–H and O–H groups in total. The largest absolute Gasteiger partial charge is 0.402 e. The maximum atomic E-state index is 12.2. The Morgan fingerprint density at radius 3 is 2.54 bits per heavy atom. The van der Waals surface area contributed by atoms with E-state index in [-0.39, 0.29) is 5.70 Å². The number of aliphatic imine (C=N–C) groups is 1. The lowest BCUT2D eigenvalue weighted by molar-refractivity contribution is -0.129. The third kappa shape index (κ3) is 2.59. The van der Waals surface area contributed by atoms with E-state index in [0.29, 0.717) is 10.9 Å². The van der Waals surface area contributed by atoms with E-state index in [9.17, 15) is 4.79 Å². The van der Waals surface area contributed by atoms with Crippen LogP contribution in [0.3, 0.4) is 0 Å². The molecule has 3 nitrogen and oxygen atoms in total. The third-order valence-electron chi connectivity index (χ3n) is 3.84. The van der Waals surface area contributed by atoms with Crippen molar-refractivity contribution in [3.05, 3.63) is 88.6 Å². The summed E-state index contributed by atoms with van der Waals surface area (Å²) in [7, 11) is 0. The van der Waals surface area contributed by atoms with Gasteiger partial charge in [-0.15, -0.1) is 0 Å². The number of esters is 1. The first-order chi connectivity index (χ1) is 11.7. The quantitative estimate of drug-likeness (QED) is 0.497. The van der Waals surface area contributed by atoms with Crippen molar-refractivity contribution in [1.29, 1.82) is 0 Å². The van der Waals surface area contributed by atoms with Crippen LogP contribution in [0.5, 0.6) is 0 Å². The minimum atomic E-state index is -0.474. The highest BCUT2D eigenvalue weighted by Gasteiger charge is 2.25. The molecule has 0 fully saturated rings. The van der Waals surface area contributed by atoms with Crippen LogP contribution in [0.25, 0.3) is 16.8 Å². The van der Waals surface area contributed by atoms with Gasteiger partial charge >= 0.3 is 5.97 Å². The summed E-state index contributed by atoms with van der Waals surface area (Å²) >= 11 is 6.14. The van der Waals surface area contributed by atoms with Crippen molar-refractivity contribution in [2.75, 3.05) is 0 Å². The highest BCUT2D eigenvalue weighted by molar-refractivity contribution is 6.32. The zero-order valence-electron chi connectivity index (χ0n) is 12.6. The van der Waals surface area contributed by atoms with E-state index in [1.165, 1.54) is 0 Å². The molecule has 1 aliphatic heterocycles. The van der Waals surface area contributed by atoms with Crippen molar-refractivity contribution in [3.8, 4) is 0 Å². The number of carbonyl (C=O) groups is 1. The Morgan fingerprint density at radius 1 is 0.917 bits per heavy atom. The molecule has 4 rings (SSSR count). The lowest BCUT2D eigenvalue weighted by Gasteiger charge is -2.04. The van der Waals surface area contributed by atoms with Gasteiger partial charge in [0.05, 0.1) is 0 Å². The number of fused-ring (bicyclic) bond motifs is 1. The van der Waals surface area contributed by atoms with Gasteiger partial charge in [-0.05, 0) is 34.5 Å². The molecule has 1 heterocycles. The van der Waals surface area contributed by atoms with E-state index in [2.05, 4.69) is 4.99 Å². The average molecular weight is 334 g/mol. The predicted octanol–water partition coefficient (Wildman–Crippen LogP) is 4.84. The van der Waals surface area contributed by atoms with Crippen LogP contribution >= 0.6 is 11.6 Å². The number of cyclic esters (lactones) is 1. The van der Waals surface area contributed by atoms with Gasteiger partial charge in [0.25, 0.3) is 0 Å². The van der Waals surface area contributed by atoms with E-state index in [1.807, 2.05) is 60.7 Å². The van der Waals surface area contributed by atoms with Crippen molar-refractivity contribution in [1.82, 2.24) is 0 Å². The summed E-state index contributed by atoms with van der Waals surface area (Å²) in [6.45, 7) is 0. The smallest absolute Gasteiger partial charge is 0.363 e. The summed E-state index contributed by atoms with van der Waals surface area (Å²) in [5, 5.41) is 2.62. The maximum Gasteiger partial charge on any atom is 0.363 e. The van der Waals surface area contributed by atoms with Crippen LogP contribution in [0, 0.1) is 0 Å². The molecule has 0 spiro atoms. The van der Waals surface area contributed by atoms with Crippen LogP contribution in [0.4, 0.5) is 0 Å². The van der Waals surface area contributed by atoms with E-state index < -0.39 is 5.97 Å². The van der Waals surface area contributed by atoms with Crippen LogP contribution < -0.4 is 0 Å². The highest BCUT2D eigenvalue weighted by Crippen LogP contribution is 2.26. The molecular formula is C20H12ClNO2. The molecule has 3 aromatic carbocycles. The molecule has 0 aromatic heterocycles. The van der Waals surface area contributed by atoms with Crippen molar-refractivity contribution >= 4 is 40.3 Å². The molecule has 3 aromatic rings. The fraction of sp³-hybridized carbons (Fsp3) is 0. The molecule has 116 valence electrons. The SMILES string of the molecule is O=C1OC(c2cccc3ccccc23)=N/C1=C/c1ccccc1Cl. The molecule has 0 atom stereocenters. The van der Waals surface area contributed by atoms with Gasteiger partial charge in [-0.1, -0.05) is 66.2 Å². The predicted molar refractivity (Wildman–Crippen MR) is 96.0 cm³/mol. The molecule has 0 radical (unpaired) electrons. The first kappa shape index (κ1) is 14.7. The number of hydrogen-bond donors (Lipinski definition) is 0. The van der Waals surface area contributed by atoms with Gasteiger partial charge in [-0.3, -0.25) is 0 Å². The van der Waals surface area contributed by atoms with Crippen LogP contribution in [-0.2, 0) is 9.53 Å². The summed E-state index contributed by atoms with van der Waals surface area (Å²) in [6.07, 6.45) is 1.64. The summed E-state index contributed by atoms with van der Waals surface area (Å²) in [4.78, 5) is 16.5. The number of hydrogen-bond acceptors (Lipinski definition) is 3. The van der Waals surface area contributed by atoms with Gasteiger partial charge in [-0.2, -0.15) is 0 Å². The summed E-state index contributed by atoms with van der Waals surface area (Å²) in [5.41, 5.74) is 1.77. The van der Waals surface area contributed by atoms with Crippen molar-refractivity contribution in [2.45, 2.75) is 0 Å². The number of benzene rings is 3. The maximum absolute atomic E-state index is 12.2. The van der Waals surface area contributed by atoms with Crippen LogP contribution in [0.15, 0.2) is 77.4 Å². The Bertz CT molecular complexity index is 1020. The second-order valence-electron chi connectivity index (χ2n) is 5.38. The molecule has 0 saturated carbocycles. The molecular weight excluding hydrogens is 322 g/mol. The van der Waals surface area contributed by atoms with E-state index in [4.69, 9.17) is 16.3 Å². The third-order valence-corrected chi connectivity index (χ3v) is 4.18. The Kier molecular flexibility index (Phi) is 3.63. The highest BCUT2D eigenvalue weighted by atomic mass is 35.5. The molecule has 4 heteroatoms. The van der Waals surface area contributed by atoms with Gasteiger partial charge in [-0.25, -0.2) is 9.79 Å². The number of nitrogens with zero attached hydrogens (tertiary/aromatic N) is 1. The zero-order chi connectivity index (χ0) is 16.5. The Balaban J connectivity index is 1.80. The molecule has 0 unspecified atom stereocenters. The topological polar surface area (TPSA) is 38.7 Å². The van der Waals surface area contributed by atoms with Gasteiger partial charge in [0.2, 0.25) is 5.90 Å². The zero-order valence-corrected chi connectivity index (χ0v) is 13.3. The molecule has 0 saturated heterocycles. The van der Waals surface area contributed by atoms with E-state index in [1.54, 1.807) is 12.1 Å². The molecule has 0 amide bonds. The van der Waals surface area contributed by atoms with Gasteiger partial charge in [0, 0.05) is 10.6 Å². The van der Waals surface area contributed by atoms with E-state index in [0.717, 1.165) is 21.9 Å². The first-order valence-corrected chi connectivity index (χ1v) is 7.85. The standard InChI is InChI=1S/C20H12ClNO2/c21-17-11-4-2-7-14(17)12-18-20(23)24-19(22-18)16-10-5-8-13-6-1-3-9-15(13)16/h1-12H/b18-12+. The van der Waals surface area contributed by atoms with Gasteiger partial charge in [0.15, 0.2) is 5.70 Å². The lowest BCUT2D eigenvalue weighted by atomic mass is 10.0. The molecule has 0 bridgehead atoms. The van der Waals surface area contributed by atoms with E-state index >= 15 is 0 Å². The van der Waals surface area contributed by atoms with Crippen molar-refractivity contribution in [2.24, 2.45) is 4.99 Å². The average Bonchev–Trinajstić information content (AvgIpc) is 2.97. The monoisotopic (exact) mass is 333 g/mol. The first-order valence-electron chi connectivity index (χ1n) is 7.47. The molecule has 0 aliphatic carbocycles. The van der Waals surface area contributed by atoms with Crippen LogP contribution in [0.2, 0.25) is 5.02 Å². The second kappa shape index (κ2) is 5.95. The van der Waals surface area contributed by atoms with Gasteiger partial charge < -0.3 is 4.74 Å². The van der Waals surface area contributed by atoms with Crippen LogP contribution in [0.1, 0.15) is 11.1 Å². The van der Waals surface area contributed by atoms with Crippen molar-refractivity contribution in [3.63, 3.8) is 0 Å². The summed E-state index contributed by atoms with van der Waals surface area (Å²) < 4.78 is 5.38. The summed E-state index contributed by atoms with van der Waals surface area (Å²) in [5.74, 6) is -0.159. The Hall–Kier alpha value is -2.91. The van der Waals surface area contributed by atoms with Crippen LogP contribution in [-0.4, -0.2) is 11.9 Å². The fourth-order valence-electron chi connectivity index (χ4n) is 2.68. The number of halogens is 1. The lowest BCUT2D eigenvalue weighted by Crippen LogP contribution is -2.05. The number of ether oxygens (including phenoxy) is 1. The van der Waals surface area contributed by atoms with Gasteiger partial charge in [0.1, 0.15) is 0 Å².